The van der Waals surface area contributed by atoms with Gasteiger partial charge in [0.15, 0.2) is 0 Å². The van der Waals surface area contributed by atoms with Gasteiger partial charge >= 0.3 is 47.5 Å². The Hall–Kier alpha value is -2.83. The van der Waals surface area contributed by atoms with Crippen molar-refractivity contribution in [3.63, 3.8) is 0 Å². The number of aliphatic hydroxyl groups is 1. The molecule has 0 aromatic heterocycles. The van der Waals surface area contributed by atoms with E-state index in [2.05, 4.69) is 17.5 Å². The Balaban J connectivity index is -0.000000513. The number of aliphatic hydroxyl groups excluding tert-OH is 1. The summed E-state index contributed by atoms with van der Waals surface area (Å²) in [6.07, 6.45) is 14.2. The molecule has 0 heterocycles. The Morgan fingerprint density at radius 2 is 1.44 bits per heavy atom. The maximum Gasteiger partial charge on any atom is 1.00 e. The van der Waals surface area contributed by atoms with Crippen LogP contribution in [-0.4, -0.2) is 52.7 Å². The average molecular weight is 611 g/mol. The number of aromatic carboxylic acids is 1. The Bertz CT molecular complexity index is 1090. The number of rotatable bonds is 7. The van der Waals surface area contributed by atoms with Gasteiger partial charge in [-0.05, 0) is 68.0 Å². The standard InChI is InChI=1S/C11H12O2.C10H18O2.C10H10O2.CH4O.H3N2O.Na/c1-3-5-9-6-4-7-10(8-9)11(12)13-2;2*1-2-4-8-5-3-6-9(7-8)10(11)12;1-2;1-2-3;/h3-8H,1-2H3;8-9H,2-7H2,1H3,(H,11,12);2-7H,1H3,(H,11,12);2H,1H3;3H,1H2;/q;;;;-1;+1. The van der Waals surface area contributed by atoms with Crippen LogP contribution in [0.5, 0.6) is 0 Å². The third-order valence-corrected chi connectivity index (χ3v) is 5.99. The minimum atomic E-state index is -0.888. The van der Waals surface area contributed by atoms with Gasteiger partial charge in [0.2, 0.25) is 0 Å². The number of aliphatic carboxylic acids is 1. The van der Waals surface area contributed by atoms with Gasteiger partial charge < -0.3 is 36.7 Å². The van der Waals surface area contributed by atoms with Gasteiger partial charge in [0.05, 0.1) is 24.2 Å². The molecular weight excluding hydrogens is 563 g/mol. The summed E-state index contributed by atoms with van der Waals surface area (Å²) < 4.78 is 4.61. The molecule has 6 N–H and O–H groups in total. The molecule has 3 rings (SSSR count). The zero-order valence-electron chi connectivity index (χ0n) is 26.3. The number of allylic oxidation sites excluding steroid dienone is 2. The molecule has 43 heavy (non-hydrogen) atoms. The molecular formula is C32H47N2NaO8. The van der Waals surface area contributed by atoms with E-state index >= 15 is 0 Å². The molecule has 0 amide bonds. The molecule has 0 spiro atoms. The normalized spacial score (nSPS) is 15.0. The Morgan fingerprint density at radius 1 is 0.953 bits per heavy atom. The van der Waals surface area contributed by atoms with Crippen molar-refractivity contribution in [3.8, 4) is 0 Å². The molecule has 1 fully saturated rings. The largest absolute Gasteiger partial charge is 1.00 e. The van der Waals surface area contributed by atoms with Crippen LogP contribution in [0.15, 0.2) is 60.7 Å². The van der Waals surface area contributed by atoms with Crippen LogP contribution in [0.25, 0.3) is 17.7 Å². The van der Waals surface area contributed by atoms with Gasteiger partial charge in [0.25, 0.3) is 0 Å². The predicted molar refractivity (Wildman–Crippen MR) is 166 cm³/mol. The quantitative estimate of drug-likeness (QED) is 0.135. The van der Waals surface area contributed by atoms with Crippen LogP contribution in [0.3, 0.4) is 0 Å². The van der Waals surface area contributed by atoms with Gasteiger partial charge in [-0.2, -0.15) is 0 Å². The van der Waals surface area contributed by atoms with E-state index in [1.54, 1.807) is 30.3 Å². The first-order valence-corrected chi connectivity index (χ1v) is 13.7. The summed E-state index contributed by atoms with van der Waals surface area (Å²) in [5.74, 6) is 2.89. The number of esters is 1. The molecule has 10 nitrogen and oxygen atoms in total. The van der Waals surface area contributed by atoms with Crippen molar-refractivity contribution in [2.75, 3.05) is 14.2 Å². The van der Waals surface area contributed by atoms with Crippen molar-refractivity contribution in [3.05, 3.63) is 88.5 Å². The summed E-state index contributed by atoms with van der Waals surface area (Å²) in [7, 11) is 2.38. The fourth-order valence-corrected chi connectivity index (χ4v) is 4.23. The van der Waals surface area contributed by atoms with Gasteiger partial charge in [-0.25, -0.2) is 9.59 Å². The van der Waals surface area contributed by atoms with Crippen LogP contribution in [0.1, 0.15) is 91.1 Å². The number of carboxylic acid groups (broad SMARTS) is 2. The Morgan fingerprint density at radius 3 is 1.86 bits per heavy atom. The summed E-state index contributed by atoms with van der Waals surface area (Å²) in [5.41, 5.74) is 4.83. The maximum absolute atomic E-state index is 11.1. The van der Waals surface area contributed by atoms with Gasteiger partial charge in [-0.15, -0.1) is 0 Å². The molecule has 2 aromatic carbocycles. The molecule has 11 heteroatoms. The van der Waals surface area contributed by atoms with Gasteiger partial charge in [0.1, 0.15) is 0 Å². The Labute approximate surface area is 277 Å². The molecule has 2 atom stereocenters. The second-order valence-corrected chi connectivity index (χ2v) is 9.02. The SMILES string of the molecule is CC=Cc1cccc(C(=O)O)c1.CC=Cc1cccc(C(=O)OC)c1.CCCC1CCCC(C(=O)O)C1.CO.N[N-]O.[Na+]. The molecule has 0 bridgehead atoms. The predicted octanol–water partition coefficient (Wildman–Crippen LogP) is 3.84. The monoisotopic (exact) mass is 610 g/mol. The van der Waals surface area contributed by atoms with Crippen molar-refractivity contribution in [2.45, 2.75) is 59.3 Å². The fraction of sp³-hybridized carbons (Fsp3) is 0.406. The van der Waals surface area contributed by atoms with Crippen molar-refractivity contribution in [1.82, 2.24) is 0 Å². The van der Waals surface area contributed by atoms with Crippen LogP contribution >= 0.6 is 0 Å². The van der Waals surface area contributed by atoms with E-state index in [1.807, 2.05) is 61.9 Å². The van der Waals surface area contributed by atoms with Gasteiger partial charge in [-0.3, -0.25) is 4.79 Å². The number of hydrogen-bond acceptors (Lipinski definition) is 7. The number of carboxylic acids is 2. The number of carbonyl (C=O) groups is 3. The van der Waals surface area contributed by atoms with Crippen LogP contribution < -0.4 is 35.4 Å². The number of methoxy groups -OCH3 is 1. The van der Waals surface area contributed by atoms with Gasteiger partial charge in [0, 0.05) is 7.11 Å². The molecule has 234 valence electrons. The van der Waals surface area contributed by atoms with E-state index in [0.29, 0.717) is 17.0 Å². The number of ether oxygens (including phenoxy) is 1. The Kier molecular flexibility index (Phi) is 30.3. The minimum Gasteiger partial charge on any atom is -0.488 e. The van der Waals surface area contributed by atoms with Crippen molar-refractivity contribution >= 4 is 30.1 Å². The summed E-state index contributed by atoms with van der Waals surface area (Å²) in [6.45, 7) is 6.00. The van der Waals surface area contributed by atoms with E-state index in [1.165, 1.54) is 26.4 Å². The van der Waals surface area contributed by atoms with Crippen molar-refractivity contribution in [2.24, 2.45) is 17.7 Å². The third-order valence-electron chi connectivity index (χ3n) is 5.99. The molecule has 2 aromatic rings. The molecule has 0 saturated heterocycles. The van der Waals surface area contributed by atoms with Crippen LogP contribution in [0, 0.1) is 11.8 Å². The minimum absolute atomic E-state index is 0. The molecule has 0 radical (unpaired) electrons. The van der Waals surface area contributed by atoms with E-state index in [9.17, 15) is 14.4 Å². The molecule has 1 aliphatic rings. The smallest absolute Gasteiger partial charge is 0.488 e. The first-order valence-electron chi connectivity index (χ1n) is 13.7. The molecule has 2 unspecified atom stereocenters. The number of nitrogens with two attached hydrogens (primary N) is 1. The summed E-state index contributed by atoms with van der Waals surface area (Å²) >= 11 is 0. The number of nitrogens with zero attached hydrogens (tertiary/aromatic N) is 1. The summed E-state index contributed by atoms with van der Waals surface area (Å²) in [6, 6.07) is 14.1. The van der Waals surface area contributed by atoms with Crippen molar-refractivity contribution in [1.29, 1.82) is 0 Å². The van der Waals surface area contributed by atoms with Crippen LogP contribution in [0.4, 0.5) is 0 Å². The van der Waals surface area contributed by atoms with E-state index in [0.717, 1.165) is 37.5 Å². The van der Waals surface area contributed by atoms with Gasteiger partial charge in [-0.1, -0.05) is 81.2 Å². The summed E-state index contributed by atoms with van der Waals surface area (Å²) in [4.78, 5) is 32.4. The van der Waals surface area contributed by atoms with Crippen molar-refractivity contribution < 1.29 is 69.2 Å². The first kappa shape index (κ1) is 44.6. The molecule has 0 aliphatic heterocycles. The molecule has 1 aliphatic carbocycles. The zero-order chi connectivity index (χ0) is 32.3. The first-order chi connectivity index (χ1) is 20.2. The second kappa shape index (κ2) is 29.3. The van der Waals surface area contributed by atoms with E-state index in [4.69, 9.17) is 20.5 Å². The maximum atomic E-state index is 11.1. The van der Waals surface area contributed by atoms with E-state index < -0.39 is 11.9 Å². The fourth-order valence-electron chi connectivity index (χ4n) is 4.23. The summed E-state index contributed by atoms with van der Waals surface area (Å²) in [5, 5.41) is 31.4. The van der Waals surface area contributed by atoms with E-state index in [-0.39, 0.29) is 41.4 Å². The number of hydrogen-bond donors (Lipinski definition) is 5. The third kappa shape index (κ3) is 21.5. The van der Waals surface area contributed by atoms with Crippen LogP contribution in [-0.2, 0) is 9.53 Å². The molecule has 1 saturated carbocycles. The average Bonchev–Trinajstić information content (AvgIpc) is 3.00. The zero-order valence-corrected chi connectivity index (χ0v) is 28.3. The second-order valence-electron chi connectivity index (χ2n) is 9.02. The topological polar surface area (TPSA) is 181 Å². The van der Waals surface area contributed by atoms with Crippen LogP contribution in [0.2, 0.25) is 0 Å². The number of benzene rings is 2. The number of carbonyl (C=O) groups excluding carboxylic acids is 1.